The van der Waals surface area contributed by atoms with Crippen LogP contribution in [-0.2, 0) is 6.54 Å². The lowest BCUT2D eigenvalue weighted by molar-refractivity contribution is 0.0696. The largest absolute Gasteiger partial charge is 0.490 e. The SMILES string of the molecule is CCOc1ccccc1O[C@@H]1CCCN(c2ncc(C(=O)NCc3cccc([11C](=O)O)c3)cn2)C1. The van der Waals surface area contributed by atoms with Gasteiger partial charge in [0.15, 0.2) is 11.5 Å². The number of amides is 1. The molecular formula is C26H28N4O5. The van der Waals surface area contributed by atoms with E-state index in [9.17, 15) is 9.59 Å². The molecule has 1 saturated heterocycles. The molecule has 0 spiro atoms. The maximum absolute atomic E-state index is 12.5. The molecule has 4 rings (SSSR count). The molecule has 3 aromatic rings. The monoisotopic (exact) mass is 475 g/mol. The number of hydrogen-bond donors (Lipinski definition) is 2. The molecule has 182 valence electrons. The Morgan fingerprint density at radius 1 is 1.09 bits per heavy atom. The Morgan fingerprint density at radius 3 is 2.60 bits per heavy atom. The van der Waals surface area contributed by atoms with Crippen molar-refractivity contribution < 1.29 is 24.2 Å². The lowest BCUT2D eigenvalue weighted by Crippen LogP contribution is -2.42. The zero-order valence-corrected chi connectivity index (χ0v) is 19.5. The number of aromatic carboxylic acids is 1. The van der Waals surface area contributed by atoms with Crippen LogP contribution in [0.4, 0.5) is 5.95 Å². The molecule has 0 unspecified atom stereocenters. The fourth-order valence-corrected chi connectivity index (χ4v) is 3.92. The van der Waals surface area contributed by atoms with Crippen molar-refractivity contribution in [3.63, 3.8) is 0 Å². The third kappa shape index (κ3) is 6.26. The Bertz CT molecular complexity index is 1170. The molecule has 1 aliphatic heterocycles. The highest BCUT2D eigenvalue weighted by atomic mass is 16.5. The summed E-state index contributed by atoms with van der Waals surface area (Å²) < 4.78 is 11.9. The van der Waals surface area contributed by atoms with Crippen LogP contribution >= 0.6 is 0 Å². The third-order valence-electron chi connectivity index (χ3n) is 5.63. The van der Waals surface area contributed by atoms with E-state index < -0.39 is 5.97 Å². The van der Waals surface area contributed by atoms with Gasteiger partial charge in [0.05, 0.1) is 24.3 Å². The molecule has 0 bridgehead atoms. The fourth-order valence-electron chi connectivity index (χ4n) is 3.92. The topological polar surface area (TPSA) is 114 Å². The Morgan fingerprint density at radius 2 is 1.86 bits per heavy atom. The summed E-state index contributed by atoms with van der Waals surface area (Å²) in [6, 6.07) is 14.1. The zero-order valence-electron chi connectivity index (χ0n) is 19.5. The number of carbonyl (C=O) groups excluding carboxylic acids is 1. The molecule has 35 heavy (non-hydrogen) atoms. The molecule has 1 amide bonds. The number of carboxylic acid groups (broad SMARTS) is 1. The van der Waals surface area contributed by atoms with Gasteiger partial charge >= 0.3 is 5.97 Å². The number of carbonyl (C=O) groups is 2. The van der Waals surface area contributed by atoms with Crippen LogP contribution in [0, 0.1) is 0 Å². The van der Waals surface area contributed by atoms with Crippen LogP contribution in [0.25, 0.3) is 0 Å². The second-order valence-electron chi connectivity index (χ2n) is 8.17. The molecule has 1 atom stereocenters. The van der Waals surface area contributed by atoms with Gasteiger partial charge < -0.3 is 24.8 Å². The number of hydrogen-bond acceptors (Lipinski definition) is 7. The summed E-state index contributed by atoms with van der Waals surface area (Å²) in [7, 11) is 0. The van der Waals surface area contributed by atoms with Gasteiger partial charge in [0.2, 0.25) is 5.95 Å². The smallest absolute Gasteiger partial charge is 0.335 e. The molecule has 9 heteroatoms. The van der Waals surface area contributed by atoms with Crippen LogP contribution in [-0.4, -0.2) is 52.8 Å². The summed E-state index contributed by atoms with van der Waals surface area (Å²) in [6.07, 6.45) is 4.82. The first-order valence-electron chi connectivity index (χ1n) is 11.6. The summed E-state index contributed by atoms with van der Waals surface area (Å²) in [5.41, 5.74) is 1.20. The van der Waals surface area contributed by atoms with Gasteiger partial charge in [-0.2, -0.15) is 0 Å². The summed E-state index contributed by atoms with van der Waals surface area (Å²) in [5.74, 6) is 0.661. The first-order valence-corrected chi connectivity index (χ1v) is 11.6. The van der Waals surface area contributed by atoms with Crippen LogP contribution in [0.2, 0.25) is 0 Å². The van der Waals surface area contributed by atoms with Crippen molar-refractivity contribution in [2.45, 2.75) is 32.4 Å². The van der Waals surface area contributed by atoms with Crippen LogP contribution in [0.1, 0.15) is 46.0 Å². The number of ether oxygens (including phenoxy) is 2. The van der Waals surface area contributed by atoms with Crippen molar-refractivity contribution in [1.29, 1.82) is 0 Å². The summed E-state index contributed by atoms with van der Waals surface area (Å²) >= 11 is 0. The van der Waals surface area contributed by atoms with E-state index in [1.807, 2.05) is 31.2 Å². The summed E-state index contributed by atoms with van der Waals surface area (Å²) in [5, 5.41) is 11.9. The predicted octanol–water partition coefficient (Wildman–Crippen LogP) is 3.55. The number of nitrogens with zero attached hydrogens (tertiary/aromatic N) is 3. The first-order chi connectivity index (χ1) is 17.0. The lowest BCUT2D eigenvalue weighted by Gasteiger charge is -2.33. The molecule has 0 saturated carbocycles. The fraction of sp³-hybridized carbons (Fsp3) is 0.308. The molecule has 1 aromatic heterocycles. The van der Waals surface area contributed by atoms with Gasteiger partial charge in [0, 0.05) is 25.5 Å². The van der Waals surface area contributed by atoms with Crippen LogP contribution in [0.3, 0.4) is 0 Å². The van der Waals surface area contributed by atoms with Crippen molar-refractivity contribution in [2.75, 3.05) is 24.6 Å². The zero-order chi connectivity index (χ0) is 24.6. The van der Waals surface area contributed by atoms with E-state index in [0.29, 0.717) is 30.2 Å². The Hall–Kier alpha value is -4.14. The van der Waals surface area contributed by atoms with Crippen molar-refractivity contribution in [2.24, 2.45) is 0 Å². The highest BCUT2D eigenvalue weighted by Crippen LogP contribution is 2.29. The molecule has 2 aromatic carbocycles. The Kier molecular flexibility index (Phi) is 7.77. The van der Waals surface area contributed by atoms with E-state index in [2.05, 4.69) is 20.2 Å². The van der Waals surface area contributed by atoms with Crippen LogP contribution in [0.5, 0.6) is 11.5 Å². The first kappa shape index (κ1) is 24.0. The number of anilines is 1. The van der Waals surface area contributed by atoms with Gasteiger partial charge in [-0.25, -0.2) is 14.8 Å². The Balaban J connectivity index is 1.34. The minimum absolute atomic E-state index is 0.0292. The van der Waals surface area contributed by atoms with E-state index in [1.165, 1.54) is 24.5 Å². The number of piperidine rings is 1. The second kappa shape index (κ2) is 11.3. The molecule has 2 heterocycles. The van der Waals surface area contributed by atoms with Gasteiger partial charge in [-0.3, -0.25) is 4.79 Å². The number of aromatic nitrogens is 2. The molecule has 0 radical (unpaired) electrons. The molecular weight excluding hydrogens is 447 g/mol. The van der Waals surface area contributed by atoms with Crippen molar-refractivity contribution in [3.8, 4) is 11.5 Å². The van der Waals surface area contributed by atoms with Gasteiger partial charge in [-0.1, -0.05) is 24.3 Å². The molecule has 1 fully saturated rings. The third-order valence-corrected chi connectivity index (χ3v) is 5.63. The van der Waals surface area contributed by atoms with E-state index in [1.54, 1.807) is 12.1 Å². The number of nitrogens with one attached hydrogen (secondary N) is 1. The standard InChI is InChI=1S/C26H28N4O5/c1-2-34-22-10-3-4-11-23(22)35-21-9-6-12-30(17-21)26-28-15-20(16-29-26)24(31)27-14-18-7-5-8-19(13-18)25(32)33/h3-5,7-8,10-11,13,15-16,21H,2,6,9,12,14,17H2,1H3,(H,27,31)(H,32,33)/t21-/m1/s1/i25-1. The van der Waals surface area contributed by atoms with Crippen molar-refractivity contribution >= 4 is 17.8 Å². The predicted molar refractivity (Wildman–Crippen MR) is 130 cm³/mol. The van der Waals surface area contributed by atoms with E-state index in [0.717, 1.165) is 30.9 Å². The number of carboxylic acids is 1. The molecule has 0 aliphatic carbocycles. The van der Waals surface area contributed by atoms with Gasteiger partial charge in [-0.15, -0.1) is 0 Å². The Labute approximate surface area is 203 Å². The minimum Gasteiger partial charge on any atom is -0.490 e. The molecule has 2 N–H and O–H groups in total. The van der Waals surface area contributed by atoms with Gasteiger partial charge in [0.25, 0.3) is 5.91 Å². The highest BCUT2D eigenvalue weighted by molar-refractivity contribution is 5.93. The maximum Gasteiger partial charge on any atom is 0.335 e. The quantitative estimate of drug-likeness (QED) is 0.483. The van der Waals surface area contributed by atoms with Crippen molar-refractivity contribution in [1.82, 2.24) is 15.3 Å². The second-order valence-corrected chi connectivity index (χ2v) is 8.17. The minimum atomic E-state index is -1.01. The average Bonchev–Trinajstić information content (AvgIpc) is 2.89. The van der Waals surface area contributed by atoms with E-state index in [-0.39, 0.29) is 24.1 Å². The van der Waals surface area contributed by atoms with Crippen LogP contribution in [0.15, 0.2) is 60.9 Å². The van der Waals surface area contributed by atoms with E-state index in [4.69, 9.17) is 14.6 Å². The molecule has 9 nitrogen and oxygen atoms in total. The van der Waals surface area contributed by atoms with Gasteiger partial charge in [0.1, 0.15) is 6.10 Å². The maximum atomic E-state index is 12.5. The van der Waals surface area contributed by atoms with E-state index >= 15 is 0 Å². The highest BCUT2D eigenvalue weighted by Gasteiger charge is 2.24. The summed E-state index contributed by atoms with van der Waals surface area (Å²) in [6.45, 7) is 4.15. The number of benzene rings is 2. The van der Waals surface area contributed by atoms with Crippen molar-refractivity contribution in [3.05, 3.63) is 77.6 Å². The number of para-hydroxylation sites is 2. The average molecular weight is 476 g/mol. The van der Waals surface area contributed by atoms with Crippen LogP contribution < -0.4 is 19.7 Å². The van der Waals surface area contributed by atoms with Gasteiger partial charge in [-0.05, 0) is 49.6 Å². The molecule has 1 aliphatic rings. The lowest BCUT2D eigenvalue weighted by atomic mass is 9.93. The summed E-state index contributed by atoms with van der Waals surface area (Å²) in [4.78, 5) is 34.5. The normalized spacial score (nSPS) is 15.3. The number of rotatable bonds is 9.